The number of hydrogen-bond donors (Lipinski definition) is 0. The van der Waals surface area contributed by atoms with Gasteiger partial charge in [-0.1, -0.05) is 0 Å². The summed E-state index contributed by atoms with van der Waals surface area (Å²) in [7, 11) is 2.38. The number of nitriles is 2. The minimum absolute atomic E-state index is 0.0125. The number of esters is 2. The molecule has 0 saturated carbocycles. The first kappa shape index (κ1) is 17.0. The Morgan fingerprint density at radius 3 is 2.38 bits per heavy atom. The summed E-state index contributed by atoms with van der Waals surface area (Å²) in [4.78, 5) is 25.5. The molecule has 0 unspecified atom stereocenters. The van der Waals surface area contributed by atoms with Gasteiger partial charge >= 0.3 is 11.9 Å². The summed E-state index contributed by atoms with van der Waals surface area (Å²) in [5.74, 6) is -1.45. The van der Waals surface area contributed by atoms with Crippen LogP contribution >= 0.6 is 0 Å². The lowest BCUT2D eigenvalue weighted by atomic mass is 10.1. The van der Waals surface area contributed by atoms with Crippen molar-refractivity contribution >= 4 is 17.6 Å². The van der Waals surface area contributed by atoms with Gasteiger partial charge in [-0.25, -0.2) is 9.59 Å². The zero-order valence-electron chi connectivity index (χ0n) is 13.0. The standard InChI is InChI=1S/C16H13N3O5/c1-22-15(20)13-8-24-9-19(14(13)16(21)23-2)12-4-3-10(6-17)11(5-12)7-18/h3-5H,8-9H2,1-2H3. The van der Waals surface area contributed by atoms with Crippen LogP contribution in [0.4, 0.5) is 5.69 Å². The maximum Gasteiger partial charge on any atom is 0.355 e. The second-order valence-corrected chi connectivity index (χ2v) is 4.67. The molecule has 8 heteroatoms. The molecule has 0 fully saturated rings. The van der Waals surface area contributed by atoms with Gasteiger partial charge in [0.15, 0.2) is 0 Å². The maximum atomic E-state index is 12.2. The Morgan fingerprint density at radius 2 is 1.79 bits per heavy atom. The van der Waals surface area contributed by atoms with Crippen molar-refractivity contribution < 1.29 is 23.8 Å². The molecule has 0 spiro atoms. The van der Waals surface area contributed by atoms with Crippen molar-refractivity contribution in [3.05, 3.63) is 40.6 Å². The van der Waals surface area contributed by atoms with Crippen molar-refractivity contribution in [2.24, 2.45) is 0 Å². The highest BCUT2D eigenvalue weighted by Crippen LogP contribution is 2.28. The van der Waals surface area contributed by atoms with E-state index in [1.165, 1.54) is 31.3 Å². The normalized spacial score (nSPS) is 13.8. The highest BCUT2D eigenvalue weighted by Gasteiger charge is 2.32. The molecule has 24 heavy (non-hydrogen) atoms. The molecule has 1 aliphatic rings. The van der Waals surface area contributed by atoms with Crippen molar-refractivity contribution in [1.82, 2.24) is 0 Å². The minimum Gasteiger partial charge on any atom is -0.466 e. The van der Waals surface area contributed by atoms with Crippen molar-refractivity contribution in [3.63, 3.8) is 0 Å². The summed E-state index contributed by atoms with van der Waals surface area (Å²) in [6.07, 6.45) is 0. The lowest BCUT2D eigenvalue weighted by Crippen LogP contribution is -2.38. The largest absolute Gasteiger partial charge is 0.466 e. The third-order valence-electron chi connectivity index (χ3n) is 3.39. The molecule has 1 aromatic rings. The minimum atomic E-state index is -0.735. The molecule has 8 nitrogen and oxygen atoms in total. The fourth-order valence-corrected chi connectivity index (χ4v) is 2.24. The van der Waals surface area contributed by atoms with E-state index in [0.717, 1.165) is 0 Å². The van der Waals surface area contributed by atoms with Crippen molar-refractivity contribution in [1.29, 1.82) is 10.5 Å². The van der Waals surface area contributed by atoms with Gasteiger partial charge in [-0.2, -0.15) is 10.5 Å². The second-order valence-electron chi connectivity index (χ2n) is 4.67. The molecule has 0 aliphatic carbocycles. The van der Waals surface area contributed by atoms with Crippen LogP contribution in [0.25, 0.3) is 0 Å². The molecular formula is C16H13N3O5. The third kappa shape index (κ3) is 3.05. The molecule has 0 bridgehead atoms. The summed E-state index contributed by atoms with van der Waals surface area (Å²) >= 11 is 0. The summed E-state index contributed by atoms with van der Waals surface area (Å²) in [5.41, 5.74) is 0.745. The smallest absolute Gasteiger partial charge is 0.355 e. The Balaban J connectivity index is 2.60. The number of carbonyl (C=O) groups excluding carboxylic acids is 2. The third-order valence-corrected chi connectivity index (χ3v) is 3.39. The van der Waals surface area contributed by atoms with Gasteiger partial charge in [-0.3, -0.25) is 0 Å². The van der Waals surface area contributed by atoms with Gasteiger partial charge < -0.3 is 19.1 Å². The first-order valence-electron chi connectivity index (χ1n) is 6.76. The Kier molecular flexibility index (Phi) is 5.15. The monoisotopic (exact) mass is 327 g/mol. The Hall–Kier alpha value is -3.36. The van der Waals surface area contributed by atoms with Gasteiger partial charge in [0.1, 0.15) is 24.6 Å². The predicted octanol–water partition coefficient (Wildman–Crippen LogP) is 0.824. The lowest BCUT2D eigenvalue weighted by molar-refractivity contribution is -0.140. The summed E-state index contributed by atoms with van der Waals surface area (Å²) < 4.78 is 14.8. The number of carbonyl (C=O) groups is 2. The lowest BCUT2D eigenvalue weighted by Gasteiger charge is -2.31. The Labute approximate surface area is 138 Å². The number of rotatable bonds is 3. The molecule has 0 aromatic heterocycles. The molecule has 1 aliphatic heterocycles. The van der Waals surface area contributed by atoms with E-state index in [1.54, 1.807) is 6.07 Å². The van der Waals surface area contributed by atoms with Crippen LogP contribution in [0.1, 0.15) is 11.1 Å². The van der Waals surface area contributed by atoms with Crippen LogP contribution in [0.3, 0.4) is 0 Å². The van der Waals surface area contributed by atoms with E-state index in [0.29, 0.717) is 5.69 Å². The summed E-state index contributed by atoms with van der Waals surface area (Å²) in [6, 6.07) is 8.26. The molecule has 1 heterocycles. The van der Waals surface area contributed by atoms with Crippen molar-refractivity contribution in [2.45, 2.75) is 0 Å². The van der Waals surface area contributed by atoms with Crippen LogP contribution in [0, 0.1) is 22.7 Å². The highest BCUT2D eigenvalue weighted by molar-refractivity contribution is 6.03. The zero-order chi connectivity index (χ0) is 17.7. The molecule has 0 radical (unpaired) electrons. The van der Waals surface area contributed by atoms with Gasteiger partial charge in [-0.15, -0.1) is 0 Å². The molecule has 0 N–H and O–H groups in total. The average Bonchev–Trinajstić information content (AvgIpc) is 2.65. The highest BCUT2D eigenvalue weighted by atomic mass is 16.5. The number of anilines is 1. The van der Waals surface area contributed by atoms with Crippen molar-refractivity contribution in [3.8, 4) is 12.1 Å². The number of benzene rings is 1. The molecule has 1 aromatic carbocycles. The van der Waals surface area contributed by atoms with Crippen LogP contribution in [0.5, 0.6) is 0 Å². The van der Waals surface area contributed by atoms with Crippen LogP contribution in [-0.2, 0) is 23.8 Å². The van der Waals surface area contributed by atoms with E-state index in [9.17, 15) is 9.59 Å². The van der Waals surface area contributed by atoms with Gasteiger partial charge in [-0.05, 0) is 18.2 Å². The molecule has 122 valence electrons. The van der Waals surface area contributed by atoms with E-state index in [2.05, 4.69) is 4.74 Å². The van der Waals surface area contributed by atoms with Crippen molar-refractivity contribution in [2.75, 3.05) is 32.5 Å². The number of hydrogen-bond acceptors (Lipinski definition) is 8. The van der Waals surface area contributed by atoms with Gasteiger partial charge in [0, 0.05) is 5.69 Å². The molecule has 0 atom stereocenters. The maximum absolute atomic E-state index is 12.2. The number of ether oxygens (including phenoxy) is 3. The zero-order valence-corrected chi connectivity index (χ0v) is 13.0. The molecule has 0 amide bonds. The van der Waals surface area contributed by atoms with Crippen LogP contribution < -0.4 is 4.90 Å². The fraction of sp³-hybridized carbons (Fsp3) is 0.250. The average molecular weight is 327 g/mol. The summed E-state index contributed by atoms with van der Waals surface area (Å²) in [5, 5.41) is 18.1. The first-order chi connectivity index (χ1) is 11.6. The van der Waals surface area contributed by atoms with E-state index in [4.69, 9.17) is 20.0 Å². The topological polar surface area (TPSA) is 113 Å². The number of methoxy groups -OCH3 is 2. The van der Waals surface area contributed by atoms with Gasteiger partial charge in [0.05, 0.1) is 37.5 Å². The van der Waals surface area contributed by atoms with E-state index < -0.39 is 11.9 Å². The van der Waals surface area contributed by atoms with E-state index in [1.807, 2.05) is 12.1 Å². The SMILES string of the molecule is COC(=O)C1=C(C(=O)OC)N(c2ccc(C#N)c(C#N)c2)COC1. The molecule has 2 rings (SSSR count). The van der Waals surface area contributed by atoms with E-state index in [-0.39, 0.29) is 35.7 Å². The quantitative estimate of drug-likeness (QED) is 0.750. The van der Waals surface area contributed by atoms with Crippen LogP contribution in [0.15, 0.2) is 29.5 Å². The Morgan fingerprint density at radius 1 is 1.12 bits per heavy atom. The van der Waals surface area contributed by atoms with Gasteiger partial charge in [0.25, 0.3) is 0 Å². The first-order valence-corrected chi connectivity index (χ1v) is 6.76. The predicted molar refractivity (Wildman–Crippen MR) is 80.2 cm³/mol. The van der Waals surface area contributed by atoms with E-state index >= 15 is 0 Å². The second kappa shape index (κ2) is 7.27. The fourth-order valence-electron chi connectivity index (χ4n) is 2.24. The molecule has 0 saturated heterocycles. The Bertz CT molecular complexity index is 801. The van der Waals surface area contributed by atoms with Crippen LogP contribution in [-0.4, -0.2) is 39.5 Å². The van der Waals surface area contributed by atoms with Crippen LogP contribution in [0.2, 0.25) is 0 Å². The van der Waals surface area contributed by atoms with Gasteiger partial charge in [0.2, 0.25) is 0 Å². The molecular weight excluding hydrogens is 314 g/mol. The number of nitrogens with zero attached hydrogens (tertiary/aromatic N) is 3. The summed E-state index contributed by atoms with van der Waals surface area (Å²) in [6.45, 7) is -0.128.